The van der Waals surface area contributed by atoms with E-state index in [2.05, 4.69) is 19.2 Å². The number of amides is 2. The van der Waals surface area contributed by atoms with Gasteiger partial charge in [-0.05, 0) is 30.5 Å². The van der Waals surface area contributed by atoms with Gasteiger partial charge in [-0.2, -0.15) is 0 Å². The van der Waals surface area contributed by atoms with E-state index in [0.717, 1.165) is 6.42 Å². The lowest BCUT2D eigenvalue weighted by molar-refractivity contribution is -0.128. The average molecular weight is 339 g/mol. The van der Waals surface area contributed by atoms with Gasteiger partial charge in [0, 0.05) is 25.2 Å². The summed E-state index contributed by atoms with van der Waals surface area (Å²) in [5.41, 5.74) is 0.605. The second kappa shape index (κ2) is 7.68. The van der Waals surface area contributed by atoms with Crippen LogP contribution in [0, 0.1) is 11.8 Å². The molecule has 1 aliphatic heterocycles. The van der Waals surface area contributed by atoms with Crippen molar-refractivity contribution in [3.63, 3.8) is 0 Å². The van der Waals surface area contributed by atoms with Crippen LogP contribution >= 0.6 is 11.6 Å². The first-order valence-electron chi connectivity index (χ1n) is 7.83. The van der Waals surface area contributed by atoms with Crippen LogP contribution in [0.1, 0.15) is 26.7 Å². The highest BCUT2D eigenvalue weighted by molar-refractivity contribution is 6.32. The Bertz CT molecular complexity index is 589. The normalized spacial score (nSPS) is 17.7. The highest BCUT2D eigenvalue weighted by Crippen LogP contribution is 2.28. The zero-order chi connectivity index (χ0) is 17.0. The highest BCUT2D eigenvalue weighted by Gasteiger charge is 2.34. The molecule has 23 heavy (non-hydrogen) atoms. The van der Waals surface area contributed by atoms with E-state index in [1.54, 1.807) is 23.1 Å². The molecule has 1 saturated heterocycles. The fraction of sp³-hybridized carbons (Fsp3) is 0.529. The predicted octanol–water partition coefficient (Wildman–Crippen LogP) is 3.18. The minimum atomic E-state index is -0.310. The third kappa shape index (κ3) is 4.61. The van der Waals surface area contributed by atoms with Crippen molar-refractivity contribution >= 4 is 29.1 Å². The van der Waals surface area contributed by atoms with Gasteiger partial charge in [0.1, 0.15) is 5.75 Å². The molecule has 0 spiro atoms. The van der Waals surface area contributed by atoms with E-state index >= 15 is 0 Å². The summed E-state index contributed by atoms with van der Waals surface area (Å²) in [4.78, 5) is 26.1. The molecule has 2 amide bonds. The van der Waals surface area contributed by atoms with Crippen LogP contribution in [-0.4, -0.2) is 36.9 Å². The number of anilines is 1. The Hall–Kier alpha value is -1.75. The van der Waals surface area contributed by atoms with E-state index in [1.165, 1.54) is 7.11 Å². The molecule has 1 aromatic carbocycles. The van der Waals surface area contributed by atoms with Crippen LogP contribution in [0.4, 0.5) is 5.69 Å². The topological polar surface area (TPSA) is 58.6 Å². The van der Waals surface area contributed by atoms with E-state index in [-0.39, 0.29) is 24.2 Å². The van der Waals surface area contributed by atoms with Crippen LogP contribution in [0.2, 0.25) is 5.02 Å². The predicted molar refractivity (Wildman–Crippen MR) is 90.8 cm³/mol. The van der Waals surface area contributed by atoms with Crippen molar-refractivity contribution in [2.45, 2.75) is 26.7 Å². The lowest BCUT2D eigenvalue weighted by Gasteiger charge is -2.17. The van der Waals surface area contributed by atoms with Gasteiger partial charge in [-0.25, -0.2) is 0 Å². The zero-order valence-electron chi connectivity index (χ0n) is 13.8. The maximum atomic E-state index is 12.3. The van der Waals surface area contributed by atoms with E-state index in [1.807, 2.05) is 0 Å². The van der Waals surface area contributed by atoms with Crippen molar-refractivity contribution in [3.8, 4) is 5.75 Å². The average Bonchev–Trinajstić information content (AvgIpc) is 2.86. The molecule has 0 radical (unpaired) electrons. The summed E-state index contributed by atoms with van der Waals surface area (Å²) in [6.45, 7) is 5.45. The van der Waals surface area contributed by atoms with Crippen molar-refractivity contribution in [3.05, 3.63) is 23.2 Å². The SMILES string of the molecule is COc1ccc(NC(=O)[C@@H]2CC(=O)N(CCC(C)C)C2)cc1Cl. The second-order valence-corrected chi connectivity index (χ2v) is 6.67. The van der Waals surface area contributed by atoms with Crippen LogP contribution in [0.15, 0.2) is 18.2 Å². The molecule has 0 aliphatic carbocycles. The van der Waals surface area contributed by atoms with Crippen molar-refractivity contribution < 1.29 is 14.3 Å². The lowest BCUT2D eigenvalue weighted by Crippen LogP contribution is -2.29. The van der Waals surface area contributed by atoms with Crippen LogP contribution in [0.3, 0.4) is 0 Å². The largest absolute Gasteiger partial charge is 0.495 e. The number of carbonyl (C=O) groups is 2. The van der Waals surface area contributed by atoms with E-state index < -0.39 is 0 Å². The molecular weight excluding hydrogens is 316 g/mol. The number of nitrogens with one attached hydrogen (secondary N) is 1. The van der Waals surface area contributed by atoms with Gasteiger partial charge in [0.25, 0.3) is 0 Å². The molecule has 1 atom stereocenters. The van der Waals surface area contributed by atoms with E-state index in [0.29, 0.717) is 35.5 Å². The van der Waals surface area contributed by atoms with Crippen molar-refractivity contribution in [2.75, 3.05) is 25.5 Å². The molecule has 6 heteroatoms. The van der Waals surface area contributed by atoms with Crippen LogP contribution in [-0.2, 0) is 9.59 Å². The second-order valence-electron chi connectivity index (χ2n) is 6.26. The first-order valence-corrected chi connectivity index (χ1v) is 8.20. The highest BCUT2D eigenvalue weighted by atomic mass is 35.5. The first kappa shape index (κ1) is 17.6. The maximum Gasteiger partial charge on any atom is 0.229 e. The van der Waals surface area contributed by atoms with Crippen molar-refractivity contribution in [2.24, 2.45) is 11.8 Å². The van der Waals surface area contributed by atoms with Crippen LogP contribution in [0.5, 0.6) is 5.75 Å². The summed E-state index contributed by atoms with van der Waals surface area (Å²) in [6, 6.07) is 5.08. The minimum Gasteiger partial charge on any atom is -0.495 e. The summed E-state index contributed by atoms with van der Waals surface area (Å²) >= 11 is 6.05. The molecule has 2 rings (SSSR count). The Labute approximate surface area is 141 Å². The van der Waals surface area contributed by atoms with Crippen LogP contribution < -0.4 is 10.1 Å². The van der Waals surface area contributed by atoms with Gasteiger partial charge in [-0.15, -0.1) is 0 Å². The summed E-state index contributed by atoms with van der Waals surface area (Å²) in [5, 5.41) is 3.26. The summed E-state index contributed by atoms with van der Waals surface area (Å²) < 4.78 is 5.08. The monoisotopic (exact) mass is 338 g/mol. The molecule has 1 fully saturated rings. The number of benzene rings is 1. The smallest absolute Gasteiger partial charge is 0.229 e. The van der Waals surface area contributed by atoms with Gasteiger partial charge >= 0.3 is 0 Å². The summed E-state index contributed by atoms with van der Waals surface area (Å²) in [7, 11) is 1.54. The molecule has 5 nitrogen and oxygen atoms in total. The number of likely N-dealkylation sites (tertiary alicyclic amines) is 1. The molecule has 1 aliphatic rings. The summed E-state index contributed by atoms with van der Waals surface area (Å²) in [5.74, 6) is 0.693. The number of ether oxygens (including phenoxy) is 1. The number of nitrogens with zero attached hydrogens (tertiary/aromatic N) is 1. The van der Waals surface area contributed by atoms with Crippen LogP contribution in [0.25, 0.3) is 0 Å². The third-order valence-corrected chi connectivity index (χ3v) is 4.28. The fourth-order valence-corrected chi connectivity index (χ4v) is 2.82. The Morgan fingerprint density at radius 1 is 1.48 bits per heavy atom. The first-order chi connectivity index (χ1) is 10.9. The molecule has 1 aromatic rings. The van der Waals surface area contributed by atoms with Gasteiger partial charge in [-0.1, -0.05) is 25.4 Å². The number of halogens is 1. The zero-order valence-corrected chi connectivity index (χ0v) is 14.5. The number of carbonyl (C=O) groups excluding carboxylic acids is 2. The van der Waals surface area contributed by atoms with Gasteiger partial charge < -0.3 is 15.0 Å². The molecular formula is C17H23ClN2O3. The Kier molecular flexibility index (Phi) is 5.88. The van der Waals surface area contributed by atoms with Crippen molar-refractivity contribution in [1.29, 1.82) is 0 Å². The lowest BCUT2D eigenvalue weighted by atomic mass is 10.1. The Balaban J connectivity index is 1.94. The van der Waals surface area contributed by atoms with E-state index in [9.17, 15) is 9.59 Å². The quantitative estimate of drug-likeness (QED) is 0.866. The molecule has 1 heterocycles. The van der Waals surface area contributed by atoms with E-state index in [4.69, 9.17) is 16.3 Å². The van der Waals surface area contributed by atoms with Gasteiger partial charge in [0.05, 0.1) is 18.1 Å². The minimum absolute atomic E-state index is 0.0542. The van der Waals surface area contributed by atoms with Gasteiger partial charge in [0.2, 0.25) is 11.8 Å². The fourth-order valence-electron chi connectivity index (χ4n) is 2.57. The standard InChI is InChI=1S/C17H23ClN2O3/c1-11(2)6-7-20-10-12(8-16(20)21)17(22)19-13-4-5-15(23-3)14(18)9-13/h4-5,9,11-12H,6-8,10H2,1-3H3,(H,19,22)/t12-/m1/s1. The Morgan fingerprint density at radius 2 is 2.22 bits per heavy atom. The molecule has 0 unspecified atom stereocenters. The van der Waals surface area contributed by atoms with Gasteiger partial charge in [0.15, 0.2) is 0 Å². The summed E-state index contributed by atoms with van der Waals surface area (Å²) in [6.07, 6.45) is 1.22. The number of hydrogen-bond acceptors (Lipinski definition) is 3. The molecule has 1 N–H and O–H groups in total. The third-order valence-electron chi connectivity index (χ3n) is 3.98. The Morgan fingerprint density at radius 3 is 2.83 bits per heavy atom. The maximum absolute atomic E-state index is 12.3. The number of hydrogen-bond donors (Lipinski definition) is 1. The molecule has 0 saturated carbocycles. The number of rotatable bonds is 6. The molecule has 0 aromatic heterocycles. The molecule has 126 valence electrons. The van der Waals surface area contributed by atoms with Gasteiger partial charge in [-0.3, -0.25) is 9.59 Å². The van der Waals surface area contributed by atoms with Crippen molar-refractivity contribution in [1.82, 2.24) is 4.90 Å². The number of methoxy groups -OCH3 is 1. The molecule has 0 bridgehead atoms.